The number of hydrogen-bond donors (Lipinski definition) is 1. The molecule has 2 atom stereocenters. The molecule has 1 fully saturated rings. The smallest absolute Gasteiger partial charge is 0.231 e. The predicted octanol–water partition coefficient (Wildman–Crippen LogP) is 1.85. The lowest BCUT2D eigenvalue weighted by Gasteiger charge is -2.17. The molecule has 0 spiro atoms. The minimum absolute atomic E-state index is 0.228. The Morgan fingerprint density at radius 1 is 1.20 bits per heavy atom. The molecule has 6 heteroatoms. The number of aliphatic hydroxyl groups is 1. The van der Waals surface area contributed by atoms with Gasteiger partial charge in [-0.15, -0.1) is 0 Å². The zero-order valence-corrected chi connectivity index (χ0v) is 14.2. The van der Waals surface area contributed by atoms with Gasteiger partial charge in [0.2, 0.25) is 12.5 Å². The lowest BCUT2D eigenvalue weighted by atomic mass is 9.97. The van der Waals surface area contributed by atoms with Gasteiger partial charge in [-0.05, 0) is 41.8 Å². The molecule has 1 aromatic heterocycles. The largest absolute Gasteiger partial charge is 0.493 e. The standard InChI is InChI=1S/C19H22N2O4/c1-23-17-7-14(8-18-19(17)25-12-24-18)9-21-10-15(16(22)11-21)6-13-2-4-20-5-3-13/h2-5,7-8,15-16,22H,6,9-12H2,1H3/t15-,16-/m1/s1. The van der Waals surface area contributed by atoms with Crippen molar-refractivity contribution in [2.24, 2.45) is 5.92 Å². The van der Waals surface area contributed by atoms with Crippen molar-refractivity contribution in [3.05, 3.63) is 47.8 Å². The molecule has 0 unspecified atom stereocenters. The number of fused-ring (bicyclic) bond motifs is 1. The van der Waals surface area contributed by atoms with Crippen molar-refractivity contribution < 1.29 is 19.3 Å². The van der Waals surface area contributed by atoms with Crippen LogP contribution in [0.1, 0.15) is 11.1 Å². The minimum Gasteiger partial charge on any atom is -0.493 e. The predicted molar refractivity (Wildman–Crippen MR) is 91.8 cm³/mol. The van der Waals surface area contributed by atoms with Crippen molar-refractivity contribution in [1.29, 1.82) is 0 Å². The van der Waals surface area contributed by atoms with Gasteiger partial charge in [0.1, 0.15) is 0 Å². The summed E-state index contributed by atoms with van der Waals surface area (Å²) >= 11 is 0. The number of β-amino-alcohol motifs (C(OH)–C–C–N with tert-alkyl or cyclic N) is 1. The van der Waals surface area contributed by atoms with E-state index in [9.17, 15) is 5.11 Å². The van der Waals surface area contributed by atoms with E-state index in [1.165, 1.54) is 5.56 Å². The monoisotopic (exact) mass is 342 g/mol. The van der Waals surface area contributed by atoms with Gasteiger partial charge in [0.15, 0.2) is 11.5 Å². The highest BCUT2D eigenvalue weighted by atomic mass is 16.7. The molecule has 1 aromatic carbocycles. The second kappa shape index (κ2) is 6.90. The quantitative estimate of drug-likeness (QED) is 0.895. The first-order valence-corrected chi connectivity index (χ1v) is 8.49. The molecule has 1 saturated heterocycles. The first-order valence-electron chi connectivity index (χ1n) is 8.49. The Kier molecular flexibility index (Phi) is 4.46. The molecule has 0 saturated carbocycles. The lowest BCUT2D eigenvalue weighted by molar-refractivity contribution is 0.141. The SMILES string of the molecule is COc1cc(CN2C[C@@H](Cc3ccncc3)[C@H](O)C2)cc2c1OCO2. The van der Waals surface area contributed by atoms with Crippen LogP contribution in [-0.4, -0.2) is 48.1 Å². The van der Waals surface area contributed by atoms with Crippen molar-refractivity contribution >= 4 is 0 Å². The summed E-state index contributed by atoms with van der Waals surface area (Å²) in [5.41, 5.74) is 2.31. The van der Waals surface area contributed by atoms with Crippen molar-refractivity contribution in [2.45, 2.75) is 19.1 Å². The first kappa shape index (κ1) is 16.2. The van der Waals surface area contributed by atoms with Crippen LogP contribution in [0.4, 0.5) is 0 Å². The Bertz CT molecular complexity index is 738. The van der Waals surface area contributed by atoms with Gasteiger partial charge in [-0.2, -0.15) is 0 Å². The molecule has 0 bridgehead atoms. The van der Waals surface area contributed by atoms with Gasteiger partial charge in [0.05, 0.1) is 13.2 Å². The third-order valence-corrected chi connectivity index (χ3v) is 4.85. The number of ether oxygens (including phenoxy) is 3. The molecular formula is C19H22N2O4. The van der Waals surface area contributed by atoms with Crippen molar-refractivity contribution in [3.63, 3.8) is 0 Å². The van der Waals surface area contributed by atoms with Gasteiger partial charge in [0.25, 0.3) is 0 Å². The van der Waals surface area contributed by atoms with Crippen LogP contribution in [0.2, 0.25) is 0 Å². The van der Waals surface area contributed by atoms with Crippen LogP contribution in [0, 0.1) is 5.92 Å². The fourth-order valence-electron chi connectivity index (χ4n) is 3.63. The molecule has 0 radical (unpaired) electrons. The summed E-state index contributed by atoms with van der Waals surface area (Å²) < 4.78 is 16.3. The summed E-state index contributed by atoms with van der Waals surface area (Å²) in [4.78, 5) is 6.32. The number of benzene rings is 1. The van der Waals surface area contributed by atoms with E-state index in [1.807, 2.05) is 24.3 Å². The van der Waals surface area contributed by atoms with E-state index in [4.69, 9.17) is 14.2 Å². The van der Waals surface area contributed by atoms with Crippen LogP contribution in [0.5, 0.6) is 17.2 Å². The van der Waals surface area contributed by atoms with Crippen LogP contribution < -0.4 is 14.2 Å². The van der Waals surface area contributed by atoms with Gasteiger partial charge in [-0.3, -0.25) is 9.88 Å². The second-order valence-corrected chi connectivity index (χ2v) is 6.61. The Labute approximate surface area is 147 Å². The van der Waals surface area contributed by atoms with Gasteiger partial charge in [-0.1, -0.05) is 0 Å². The number of likely N-dealkylation sites (tertiary alicyclic amines) is 1. The Morgan fingerprint density at radius 3 is 2.84 bits per heavy atom. The van der Waals surface area contributed by atoms with Crippen LogP contribution in [-0.2, 0) is 13.0 Å². The molecule has 25 heavy (non-hydrogen) atoms. The number of nitrogens with zero attached hydrogens (tertiary/aromatic N) is 2. The molecular weight excluding hydrogens is 320 g/mol. The number of methoxy groups -OCH3 is 1. The Hall–Kier alpha value is -2.31. The molecule has 2 aliphatic rings. The second-order valence-electron chi connectivity index (χ2n) is 6.61. The summed E-state index contributed by atoms with van der Waals surface area (Å²) in [7, 11) is 1.63. The number of hydrogen-bond acceptors (Lipinski definition) is 6. The van der Waals surface area contributed by atoms with Gasteiger partial charge < -0.3 is 19.3 Å². The lowest BCUT2D eigenvalue weighted by Crippen LogP contribution is -2.21. The van der Waals surface area contributed by atoms with Crippen molar-refractivity contribution in [1.82, 2.24) is 9.88 Å². The van der Waals surface area contributed by atoms with E-state index >= 15 is 0 Å². The van der Waals surface area contributed by atoms with Crippen molar-refractivity contribution in [2.75, 3.05) is 27.0 Å². The van der Waals surface area contributed by atoms with Crippen LogP contribution in [0.15, 0.2) is 36.7 Å². The highest BCUT2D eigenvalue weighted by Crippen LogP contribution is 2.42. The Morgan fingerprint density at radius 2 is 2.04 bits per heavy atom. The third-order valence-electron chi connectivity index (χ3n) is 4.85. The number of aliphatic hydroxyl groups excluding tert-OH is 1. The molecule has 0 aliphatic carbocycles. The fraction of sp³-hybridized carbons (Fsp3) is 0.421. The number of rotatable bonds is 5. The maximum atomic E-state index is 10.4. The van der Waals surface area contributed by atoms with Crippen LogP contribution in [0.3, 0.4) is 0 Å². The minimum atomic E-state index is -0.316. The van der Waals surface area contributed by atoms with Gasteiger partial charge in [0, 0.05) is 37.9 Å². The van der Waals surface area contributed by atoms with Crippen LogP contribution >= 0.6 is 0 Å². The van der Waals surface area contributed by atoms with E-state index < -0.39 is 0 Å². The van der Waals surface area contributed by atoms with E-state index in [1.54, 1.807) is 19.5 Å². The summed E-state index contributed by atoms with van der Waals surface area (Å²) in [6.45, 7) is 2.51. The highest BCUT2D eigenvalue weighted by molar-refractivity contribution is 5.55. The molecule has 3 heterocycles. The summed E-state index contributed by atoms with van der Waals surface area (Å²) in [6, 6.07) is 8.00. The maximum absolute atomic E-state index is 10.4. The summed E-state index contributed by atoms with van der Waals surface area (Å²) in [5, 5.41) is 10.4. The third kappa shape index (κ3) is 3.41. The summed E-state index contributed by atoms with van der Waals surface area (Å²) in [5.74, 6) is 2.32. The summed E-state index contributed by atoms with van der Waals surface area (Å²) in [6.07, 6.45) is 4.15. The normalized spacial score (nSPS) is 22.3. The molecule has 6 nitrogen and oxygen atoms in total. The molecule has 0 amide bonds. The molecule has 132 valence electrons. The Balaban J connectivity index is 1.44. The zero-order valence-electron chi connectivity index (χ0n) is 14.2. The van der Waals surface area contributed by atoms with Gasteiger partial charge >= 0.3 is 0 Å². The molecule has 1 N–H and O–H groups in total. The highest BCUT2D eigenvalue weighted by Gasteiger charge is 2.31. The number of pyridine rings is 1. The molecule has 2 aliphatic heterocycles. The molecule has 4 rings (SSSR count). The van der Waals surface area contributed by atoms with Crippen molar-refractivity contribution in [3.8, 4) is 17.2 Å². The van der Waals surface area contributed by atoms with E-state index in [0.717, 1.165) is 30.8 Å². The number of aromatic nitrogens is 1. The van der Waals surface area contributed by atoms with Gasteiger partial charge in [-0.25, -0.2) is 0 Å². The van der Waals surface area contributed by atoms with E-state index in [-0.39, 0.29) is 18.8 Å². The first-order chi connectivity index (χ1) is 12.2. The maximum Gasteiger partial charge on any atom is 0.231 e. The average Bonchev–Trinajstić information content (AvgIpc) is 3.22. The van der Waals surface area contributed by atoms with E-state index in [0.29, 0.717) is 18.0 Å². The fourth-order valence-corrected chi connectivity index (χ4v) is 3.63. The molecule has 2 aromatic rings. The average molecular weight is 342 g/mol. The zero-order chi connectivity index (χ0) is 17.2. The topological polar surface area (TPSA) is 64.1 Å². The van der Waals surface area contributed by atoms with Crippen LogP contribution in [0.25, 0.3) is 0 Å². The van der Waals surface area contributed by atoms with E-state index in [2.05, 4.69) is 9.88 Å².